The highest BCUT2D eigenvalue weighted by molar-refractivity contribution is 5.66. The van der Waals surface area contributed by atoms with Gasteiger partial charge in [-0.25, -0.2) is 0 Å². The molecular weight excluding hydrogens is 372 g/mol. The van der Waals surface area contributed by atoms with Crippen LogP contribution in [0.15, 0.2) is 78.9 Å². The van der Waals surface area contributed by atoms with Crippen molar-refractivity contribution < 1.29 is 0 Å². The molecule has 2 atom stereocenters. The topological polar surface area (TPSA) is 0 Å². The second-order valence-electron chi connectivity index (χ2n) is 10.5. The summed E-state index contributed by atoms with van der Waals surface area (Å²) in [6.07, 6.45) is 5.75. The lowest BCUT2D eigenvalue weighted by Gasteiger charge is -2.24. The SMILES string of the molecule is C=C(C)c1ccc(C2C=C(C)C=C2[C@H](C)CC(=C)c2cc(C)cc(C(C)(C)C)c2)cc1. The van der Waals surface area contributed by atoms with E-state index in [4.69, 9.17) is 0 Å². The molecule has 2 aromatic rings. The van der Waals surface area contributed by atoms with E-state index in [1.807, 2.05) is 0 Å². The monoisotopic (exact) mass is 410 g/mol. The number of hydrogen-bond acceptors (Lipinski definition) is 0. The quantitative estimate of drug-likeness (QED) is 0.445. The van der Waals surface area contributed by atoms with E-state index in [9.17, 15) is 0 Å². The maximum absolute atomic E-state index is 4.49. The Morgan fingerprint density at radius 2 is 1.61 bits per heavy atom. The first-order valence-electron chi connectivity index (χ1n) is 11.4. The summed E-state index contributed by atoms with van der Waals surface area (Å²) in [4.78, 5) is 0. The molecule has 0 bridgehead atoms. The van der Waals surface area contributed by atoms with E-state index in [0.29, 0.717) is 11.8 Å². The van der Waals surface area contributed by atoms with E-state index >= 15 is 0 Å². The van der Waals surface area contributed by atoms with Crippen LogP contribution < -0.4 is 0 Å². The van der Waals surface area contributed by atoms with Crippen LogP contribution >= 0.6 is 0 Å². The van der Waals surface area contributed by atoms with Crippen molar-refractivity contribution in [1.29, 1.82) is 0 Å². The molecule has 1 aliphatic rings. The molecule has 0 saturated heterocycles. The number of rotatable bonds is 6. The third-order valence-corrected chi connectivity index (χ3v) is 6.42. The fourth-order valence-corrected chi connectivity index (χ4v) is 4.50. The molecular formula is C31H38. The van der Waals surface area contributed by atoms with Crippen LogP contribution in [-0.2, 0) is 5.41 Å². The molecule has 1 unspecified atom stereocenters. The summed E-state index contributed by atoms with van der Waals surface area (Å²) in [5, 5.41) is 0. The van der Waals surface area contributed by atoms with Crippen LogP contribution in [-0.4, -0.2) is 0 Å². The Morgan fingerprint density at radius 1 is 0.968 bits per heavy atom. The molecule has 0 aromatic heterocycles. The Bertz CT molecular complexity index is 1050. The molecule has 0 heteroatoms. The van der Waals surface area contributed by atoms with Crippen LogP contribution in [0.1, 0.15) is 81.7 Å². The van der Waals surface area contributed by atoms with Crippen LogP contribution in [0.5, 0.6) is 0 Å². The second kappa shape index (κ2) is 8.87. The Balaban J connectivity index is 1.81. The van der Waals surface area contributed by atoms with Crippen molar-refractivity contribution in [2.75, 3.05) is 0 Å². The number of allylic oxidation sites excluding steroid dienone is 6. The van der Waals surface area contributed by atoms with E-state index in [-0.39, 0.29) is 5.41 Å². The van der Waals surface area contributed by atoms with Gasteiger partial charge in [-0.2, -0.15) is 0 Å². The lowest BCUT2D eigenvalue weighted by molar-refractivity contribution is 0.589. The largest absolute Gasteiger partial charge is 0.0955 e. The molecule has 2 aromatic carbocycles. The van der Waals surface area contributed by atoms with Gasteiger partial charge in [-0.05, 0) is 66.4 Å². The standard InChI is InChI=1S/C31H38/c1-20(2)25-10-12-26(13-11-25)30-17-22(4)16-29(30)24(6)18-23(5)27-14-21(3)15-28(19-27)31(7,8)9/h10-17,19,24,30H,1,5,18H2,2-4,6-9H3/t24-,30?/m1/s1. The molecule has 0 spiro atoms. The van der Waals surface area contributed by atoms with Gasteiger partial charge in [0.05, 0.1) is 0 Å². The summed E-state index contributed by atoms with van der Waals surface area (Å²) in [5.74, 6) is 0.787. The van der Waals surface area contributed by atoms with E-state index in [2.05, 4.69) is 116 Å². The molecule has 0 heterocycles. The lowest BCUT2D eigenvalue weighted by atomic mass is 9.81. The average Bonchev–Trinajstić information content (AvgIpc) is 3.08. The minimum atomic E-state index is 0.142. The van der Waals surface area contributed by atoms with Crippen molar-refractivity contribution in [2.45, 2.75) is 66.2 Å². The van der Waals surface area contributed by atoms with Gasteiger partial charge in [0.2, 0.25) is 0 Å². The molecule has 0 N–H and O–H groups in total. The summed E-state index contributed by atoms with van der Waals surface area (Å²) in [7, 11) is 0. The Morgan fingerprint density at radius 3 is 2.19 bits per heavy atom. The zero-order valence-corrected chi connectivity index (χ0v) is 20.5. The summed E-state index contributed by atoms with van der Waals surface area (Å²) < 4.78 is 0. The van der Waals surface area contributed by atoms with Gasteiger partial charge in [-0.3, -0.25) is 0 Å². The molecule has 0 amide bonds. The second-order valence-corrected chi connectivity index (χ2v) is 10.5. The average molecular weight is 411 g/mol. The predicted molar refractivity (Wildman–Crippen MR) is 138 cm³/mol. The van der Waals surface area contributed by atoms with Gasteiger partial charge in [0.15, 0.2) is 0 Å². The third-order valence-electron chi connectivity index (χ3n) is 6.42. The summed E-state index contributed by atoms with van der Waals surface area (Å²) in [5.41, 5.74) is 11.9. The van der Waals surface area contributed by atoms with Gasteiger partial charge < -0.3 is 0 Å². The number of benzene rings is 2. The minimum absolute atomic E-state index is 0.142. The number of hydrogen-bond donors (Lipinski definition) is 0. The van der Waals surface area contributed by atoms with Crippen LogP contribution in [0.2, 0.25) is 0 Å². The predicted octanol–water partition coefficient (Wildman–Crippen LogP) is 9.04. The maximum atomic E-state index is 4.49. The minimum Gasteiger partial charge on any atom is -0.0955 e. The summed E-state index contributed by atoms with van der Waals surface area (Å²) in [6.45, 7) is 24.2. The van der Waals surface area contributed by atoms with E-state index in [0.717, 1.165) is 12.0 Å². The molecule has 162 valence electrons. The fourth-order valence-electron chi connectivity index (χ4n) is 4.50. The zero-order valence-electron chi connectivity index (χ0n) is 20.5. The highest BCUT2D eigenvalue weighted by atomic mass is 14.3. The normalized spacial score (nSPS) is 17.2. The van der Waals surface area contributed by atoms with Crippen LogP contribution in [0.25, 0.3) is 11.1 Å². The van der Waals surface area contributed by atoms with Crippen LogP contribution in [0, 0.1) is 12.8 Å². The lowest BCUT2D eigenvalue weighted by Crippen LogP contribution is -2.12. The van der Waals surface area contributed by atoms with Gasteiger partial charge in [-0.15, -0.1) is 0 Å². The highest BCUT2D eigenvalue weighted by Gasteiger charge is 2.25. The molecule has 1 aliphatic carbocycles. The first-order valence-corrected chi connectivity index (χ1v) is 11.4. The Hall–Kier alpha value is -2.60. The van der Waals surface area contributed by atoms with Crippen LogP contribution in [0.3, 0.4) is 0 Å². The van der Waals surface area contributed by atoms with Crippen molar-refractivity contribution >= 4 is 11.1 Å². The summed E-state index contributed by atoms with van der Waals surface area (Å²) >= 11 is 0. The van der Waals surface area contributed by atoms with Gasteiger partial charge >= 0.3 is 0 Å². The number of aryl methyl sites for hydroxylation is 1. The molecule has 0 nitrogen and oxygen atoms in total. The molecule has 31 heavy (non-hydrogen) atoms. The van der Waals surface area contributed by atoms with Crippen molar-refractivity contribution in [3.8, 4) is 0 Å². The van der Waals surface area contributed by atoms with Crippen molar-refractivity contribution in [3.05, 3.63) is 107 Å². The molecule has 0 aliphatic heterocycles. The smallest absolute Gasteiger partial charge is 0.0239 e. The van der Waals surface area contributed by atoms with E-state index in [1.165, 1.54) is 44.5 Å². The van der Waals surface area contributed by atoms with E-state index < -0.39 is 0 Å². The first-order chi connectivity index (χ1) is 14.5. The van der Waals surface area contributed by atoms with Gasteiger partial charge in [-0.1, -0.05) is 118 Å². The Labute approximate surface area is 190 Å². The van der Waals surface area contributed by atoms with Crippen molar-refractivity contribution in [2.24, 2.45) is 5.92 Å². The Kier molecular flexibility index (Phi) is 6.60. The van der Waals surface area contributed by atoms with Gasteiger partial charge in [0, 0.05) is 5.92 Å². The first kappa shape index (κ1) is 23.1. The van der Waals surface area contributed by atoms with Crippen molar-refractivity contribution in [1.82, 2.24) is 0 Å². The van der Waals surface area contributed by atoms with Gasteiger partial charge in [0.1, 0.15) is 0 Å². The molecule has 0 fully saturated rings. The highest BCUT2D eigenvalue weighted by Crippen LogP contribution is 2.41. The van der Waals surface area contributed by atoms with Gasteiger partial charge in [0.25, 0.3) is 0 Å². The maximum Gasteiger partial charge on any atom is 0.0239 e. The molecule has 3 rings (SSSR count). The molecule has 0 saturated carbocycles. The van der Waals surface area contributed by atoms with Crippen molar-refractivity contribution in [3.63, 3.8) is 0 Å². The van der Waals surface area contributed by atoms with Crippen LogP contribution in [0.4, 0.5) is 0 Å². The van der Waals surface area contributed by atoms with E-state index in [1.54, 1.807) is 0 Å². The zero-order chi connectivity index (χ0) is 22.9. The third kappa shape index (κ3) is 5.37. The summed E-state index contributed by atoms with van der Waals surface area (Å²) in [6, 6.07) is 15.8. The fraction of sp³-hybridized carbons (Fsp3) is 0.355. The molecule has 0 radical (unpaired) electrons.